The van der Waals surface area contributed by atoms with Crippen LogP contribution in [0.25, 0.3) is 10.2 Å². The number of aromatic nitrogens is 1. The number of benzene rings is 2. The molecule has 0 unspecified atom stereocenters. The fraction of sp³-hybridized carbons (Fsp3) is 0.100. The highest BCUT2D eigenvalue weighted by atomic mass is 79.9. The molecular formula is C20H14BrFN2O2S. The van der Waals surface area contributed by atoms with Gasteiger partial charge in [0.2, 0.25) is 5.91 Å². The number of carbonyl (C=O) groups excluding carboxylic acids is 1. The largest absolute Gasteiger partial charge is 0.467 e. The van der Waals surface area contributed by atoms with E-state index in [1.54, 1.807) is 29.4 Å². The first kappa shape index (κ1) is 17.9. The zero-order valence-corrected chi connectivity index (χ0v) is 16.5. The molecule has 0 spiro atoms. The Morgan fingerprint density at radius 2 is 2.00 bits per heavy atom. The van der Waals surface area contributed by atoms with E-state index in [0.29, 0.717) is 10.9 Å². The van der Waals surface area contributed by atoms with Crippen molar-refractivity contribution in [3.8, 4) is 0 Å². The fourth-order valence-electron chi connectivity index (χ4n) is 2.69. The van der Waals surface area contributed by atoms with Crippen molar-refractivity contribution < 1.29 is 13.6 Å². The van der Waals surface area contributed by atoms with E-state index in [9.17, 15) is 9.18 Å². The van der Waals surface area contributed by atoms with Crippen LogP contribution in [-0.2, 0) is 17.8 Å². The van der Waals surface area contributed by atoms with Gasteiger partial charge in [-0.15, -0.1) is 0 Å². The van der Waals surface area contributed by atoms with E-state index in [4.69, 9.17) is 4.42 Å². The minimum absolute atomic E-state index is 0.129. The summed E-state index contributed by atoms with van der Waals surface area (Å²) in [7, 11) is 0. The maximum atomic E-state index is 13.1. The lowest BCUT2D eigenvalue weighted by Gasteiger charge is -2.18. The van der Waals surface area contributed by atoms with E-state index < -0.39 is 0 Å². The molecule has 4 rings (SSSR count). The third-order valence-electron chi connectivity index (χ3n) is 4.03. The Balaban J connectivity index is 1.66. The fourth-order valence-corrected chi connectivity index (χ4v) is 4.23. The molecule has 27 heavy (non-hydrogen) atoms. The third kappa shape index (κ3) is 4.09. The number of hydrogen-bond donors (Lipinski definition) is 0. The summed E-state index contributed by atoms with van der Waals surface area (Å²) in [5.74, 6) is 0.217. The minimum Gasteiger partial charge on any atom is -0.467 e. The van der Waals surface area contributed by atoms with Crippen molar-refractivity contribution in [2.45, 2.75) is 13.0 Å². The third-order valence-corrected chi connectivity index (χ3v) is 5.57. The average molecular weight is 445 g/mol. The van der Waals surface area contributed by atoms with Crippen LogP contribution in [0.1, 0.15) is 11.3 Å². The minimum atomic E-state index is -0.324. The van der Waals surface area contributed by atoms with Gasteiger partial charge < -0.3 is 4.42 Å². The molecule has 0 saturated carbocycles. The Morgan fingerprint density at radius 1 is 1.19 bits per heavy atom. The highest BCUT2D eigenvalue weighted by molar-refractivity contribution is 9.10. The van der Waals surface area contributed by atoms with E-state index >= 15 is 0 Å². The van der Waals surface area contributed by atoms with Gasteiger partial charge in [-0.2, -0.15) is 0 Å². The Hall–Kier alpha value is -2.51. The maximum Gasteiger partial charge on any atom is 0.233 e. The van der Waals surface area contributed by atoms with Crippen LogP contribution in [0.3, 0.4) is 0 Å². The summed E-state index contributed by atoms with van der Waals surface area (Å²) in [5, 5.41) is 0.603. The van der Waals surface area contributed by atoms with Crippen LogP contribution in [0.4, 0.5) is 9.52 Å². The van der Waals surface area contributed by atoms with E-state index in [1.165, 1.54) is 23.5 Å². The van der Waals surface area contributed by atoms with E-state index in [-0.39, 0.29) is 24.7 Å². The zero-order valence-electron chi connectivity index (χ0n) is 14.1. The van der Waals surface area contributed by atoms with Gasteiger partial charge in [0.1, 0.15) is 11.6 Å². The summed E-state index contributed by atoms with van der Waals surface area (Å²) in [4.78, 5) is 19.2. The number of amides is 1. The summed E-state index contributed by atoms with van der Waals surface area (Å²) >= 11 is 4.90. The molecular weight excluding hydrogens is 431 g/mol. The SMILES string of the molecule is O=C(Cc1ccc(F)cc1)N(Cc1ccco1)c1nc2ccc(Br)cc2s1. The summed E-state index contributed by atoms with van der Waals surface area (Å²) in [6.07, 6.45) is 1.73. The molecule has 7 heteroatoms. The van der Waals surface area contributed by atoms with Gasteiger partial charge in [-0.05, 0) is 48.0 Å². The normalized spacial score (nSPS) is 11.0. The first-order valence-corrected chi connectivity index (χ1v) is 9.83. The monoisotopic (exact) mass is 444 g/mol. The maximum absolute atomic E-state index is 13.1. The van der Waals surface area contributed by atoms with Crippen molar-refractivity contribution in [2.75, 3.05) is 4.90 Å². The van der Waals surface area contributed by atoms with Crippen molar-refractivity contribution in [1.82, 2.24) is 4.98 Å². The molecule has 1 amide bonds. The van der Waals surface area contributed by atoms with Crippen LogP contribution in [-0.4, -0.2) is 10.9 Å². The number of thiazole rings is 1. The summed E-state index contributed by atoms with van der Waals surface area (Å²) in [6, 6.07) is 15.4. The van der Waals surface area contributed by atoms with E-state index in [2.05, 4.69) is 20.9 Å². The van der Waals surface area contributed by atoms with Gasteiger partial charge in [0.15, 0.2) is 5.13 Å². The topological polar surface area (TPSA) is 46.3 Å². The predicted octanol–water partition coefficient (Wildman–Crippen LogP) is 5.57. The molecule has 2 heterocycles. The number of furan rings is 1. The lowest BCUT2D eigenvalue weighted by atomic mass is 10.1. The second-order valence-electron chi connectivity index (χ2n) is 5.97. The Bertz CT molecular complexity index is 1080. The standard InChI is InChI=1S/C20H14BrFN2O2S/c21-14-5-8-17-18(11-14)27-20(23-17)24(12-16-2-1-9-26-16)19(25)10-13-3-6-15(22)7-4-13/h1-9,11H,10,12H2. The quantitative estimate of drug-likeness (QED) is 0.404. The van der Waals surface area contributed by atoms with Gasteiger partial charge in [-0.3, -0.25) is 9.69 Å². The molecule has 0 N–H and O–H groups in total. The number of fused-ring (bicyclic) bond motifs is 1. The van der Waals surface area contributed by atoms with Crippen molar-refractivity contribution in [2.24, 2.45) is 0 Å². The summed E-state index contributed by atoms with van der Waals surface area (Å²) in [6.45, 7) is 0.286. The first-order chi connectivity index (χ1) is 13.1. The Kier molecular flexibility index (Phi) is 5.05. The van der Waals surface area contributed by atoms with Gasteiger partial charge in [0, 0.05) is 4.47 Å². The smallest absolute Gasteiger partial charge is 0.233 e. The summed E-state index contributed by atoms with van der Waals surface area (Å²) < 4.78 is 20.5. The molecule has 0 bridgehead atoms. The molecule has 0 radical (unpaired) electrons. The number of anilines is 1. The van der Waals surface area contributed by atoms with Gasteiger partial charge in [-0.25, -0.2) is 9.37 Å². The molecule has 2 aromatic carbocycles. The number of halogens is 2. The molecule has 0 aliphatic rings. The zero-order chi connectivity index (χ0) is 18.8. The molecule has 2 aromatic heterocycles. The lowest BCUT2D eigenvalue weighted by Crippen LogP contribution is -2.31. The van der Waals surface area contributed by atoms with Gasteiger partial charge in [0.25, 0.3) is 0 Å². The van der Waals surface area contributed by atoms with E-state index in [0.717, 1.165) is 20.3 Å². The van der Waals surface area contributed by atoms with E-state index in [1.807, 2.05) is 24.3 Å². The Labute approximate surface area is 167 Å². The van der Waals surface area contributed by atoms with Crippen molar-refractivity contribution in [3.63, 3.8) is 0 Å². The second kappa shape index (κ2) is 7.62. The average Bonchev–Trinajstić information content (AvgIpc) is 3.30. The van der Waals surface area contributed by atoms with Gasteiger partial charge in [-0.1, -0.05) is 39.4 Å². The number of hydrogen-bond acceptors (Lipinski definition) is 4. The van der Waals surface area contributed by atoms with Gasteiger partial charge >= 0.3 is 0 Å². The van der Waals surface area contributed by atoms with Crippen molar-refractivity contribution in [1.29, 1.82) is 0 Å². The van der Waals surface area contributed by atoms with Gasteiger partial charge in [0.05, 0.1) is 29.4 Å². The molecule has 0 atom stereocenters. The van der Waals surface area contributed by atoms with Crippen LogP contribution in [0.15, 0.2) is 69.8 Å². The Morgan fingerprint density at radius 3 is 2.74 bits per heavy atom. The van der Waals surface area contributed by atoms with Crippen LogP contribution in [0.5, 0.6) is 0 Å². The van der Waals surface area contributed by atoms with Crippen LogP contribution >= 0.6 is 27.3 Å². The molecule has 4 aromatic rings. The number of rotatable bonds is 5. The first-order valence-electron chi connectivity index (χ1n) is 8.22. The predicted molar refractivity (Wildman–Crippen MR) is 107 cm³/mol. The van der Waals surface area contributed by atoms with Crippen molar-refractivity contribution in [3.05, 3.63) is 82.5 Å². The molecule has 0 fully saturated rings. The second-order valence-corrected chi connectivity index (χ2v) is 7.90. The highest BCUT2D eigenvalue weighted by Gasteiger charge is 2.21. The van der Waals surface area contributed by atoms with Crippen LogP contribution in [0, 0.1) is 5.82 Å². The molecule has 136 valence electrons. The number of nitrogens with zero attached hydrogens (tertiary/aromatic N) is 2. The number of carbonyl (C=O) groups is 1. The molecule has 0 aliphatic carbocycles. The molecule has 4 nitrogen and oxygen atoms in total. The van der Waals surface area contributed by atoms with Crippen LogP contribution in [0.2, 0.25) is 0 Å². The summed E-state index contributed by atoms with van der Waals surface area (Å²) in [5.41, 5.74) is 1.58. The lowest BCUT2D eigenvalue weighted by molar-refractivity contribution is -0.118. The molecule has 0 aliphatic heterocycles. The van der Waals surface area contributed by atoms with Crippen LogP contribution < -0.4 is 4.90 Å². The van der Waals surface area contributed by atoms with Crippen molar-refractivity contribution >= 4 is 48.5 Å². The molecule has 0 saturated heterocycles. The highest BCUT2D eigenvalue weighted by Crippen LogP contribution is 2.32.